The number of carbonyl (C=O) groups is 8. The van der Waals surface area contributed by atoms with E-state index in [1.807, 2.05) is 0 Å². The molecule has 0 N–H and O–H groups in total. The van der Waals surface area contributed by atoms with E-state index in [1.165, 1.54) is 51.2 Å². The Morgan fingerprint density at radius 2 is 1.31 bits per heavy atom. The molecular weight excluding hydrogens is 802 g/mol. The van der Waals surface area contributed by atoms with Crippen LogP contribution >= 0.6 is 0 Å². The largest absolute Gasteiger partial charge is 0.465 e. The van der Waals surface area contributed by atoms with Crippen LogP contribution in [0.1, 0.15) is 94.6 Å². The van der Waals surface area contributed by atoms with Gasteiger partial charge in [0.15, 0.2) is 18.3 Å². The molecule has 3 heterocycles. The molecule has 4 bridgehead atoms. The van der Waals surface area contributed by atoms with Gasteiger partial charge in [-0.15, -0.1) is 0 Å². The summed E-state index contributed by atoms with van der Waals surface area (Å²) in [6.45, 7) is 9.99. The van der Waals surface area contributed by atoms with E-state index in [4.69, 9.17) is 42.6 Å². The van der Waals surface area contributed by atoms with Crippen LogP contribution in [0.2, 0.25) is 0 Å². The van der Waals surface area contributed by atoms with Crippen molar-refractivity contribution in [2.45, 2.75) is 116 Å². The summed E-state index contributed by atoms with van der Waals surface area (Å²) in [7, 11) is 0. The monoisotopic (exact) mass is 851 g/mol. The summed E-state index contributed by atoms with van der Waals surface area (Å²) >= 11 is 0. The number of esters is 8. The molecule has 4 aliphatic rings. The molecule has 0 radical (unpaired) electrons. The molecule has 0 unspecified atom stereocenters. The SMILES string of the molecule is CC(=O)OC[C@]12[C@H](OC(C)=O)[C@H](OC(C)=O)[C@@H]3[C@@H](OC(C)=O)[C@@]14O[C@@]3(C)COC(=O)c1cccnc1[C@H](C)[C@H](C)C(=O)O[C@@H]([C@H](OC(C)=O)[C@@H]2OC(=O)c1ccccc1)[C@H]4C. The van der Waals surface area contributed by atoms with Crippen molar-refractivity contribution < 1.29 is 81.0 Å². The van der Waals surface area contributed by atoms with E-state index in [1.54, 1.807) is 25.1 Å². The second-order valence-electron chi connectivity index (χ2n) is 16.2. The van der Waals surface area contributed by atoms with Gasteiger partial charge >= 0.3 is 47.8 Å². The zero-order valence-electron chi connectivity index (χ0n) is 35.2. The standard InChI is InChI=1S/C43H49NO17/c1-20-21(2)38(50)59-32-22(3)43-35(57-26(7)48)30(41(9,61-43)18-54-40(52)29-16-13-17-44-31(20)29)33(55-24(5)46)36(58-27(8)49)42(43,19-53-23(4)45)37(34(32)56-25(6)47)60-39(51)28-14-11-10-12-15-28/h10-17,20-22,30,32-37H,18-19H2,1-9H3/t20-,21+,22-,30-,32-,33-,34+,35-,36-,37+,41+,42-,43-/m1/s1. The average molecular weight is 852 g/mol. The topological polar surface area (TPSA) is 233 Å². The smallest absolute Gasteiger partial charge is 0.340 e. The van der Waals surface area contributed by atoms with Crippen LogP contribution in [0.15, 0.2) is 48.7 Å². The van der Waals surface area contributed by atoms with Crippen molar-refractivity contribution in [2.24, 2.45) is 23.2 Å². The number of hydrogen-bond acceptors (Lipinski definition) is 18. The Labute approximate surface area is 351 Å². The van der Waals surface area contributed by atoms with E-state index < -0.39 is 138 Å². The maximum absolute atomic E-state index is 14.5. The quantitative estimate of drug-likeness (QED) is 0.274. The van der Waals surface area contributed by atoms with Crippen molar-refractivity contribution in [3.05, 3.63) is 65.5 Å². The molecule has 3 fully saturated rings. The second kappa shape index (κ2) is 16.9. The number of hydrogen-bond donors (Lipinski definition) is 0. The third-order valence-corrected chi connectivity index (χ3v) is 12.3. The van der Waals surface area contributed by atoms with Crippen LogP contribution in [-0.2, 0) is 71.4 Å². The minimum Gasteiger partial charge on any atom is -0.465 e. The number of rotatable bonds is 8. The summed E-state index contributed by atoms with van der Waals surface area (Å²) in [6.07, 6.45) is -9.25. The minimum atomic E-state index is -2.39. The fourth-order valence-corrected chi connectivity index (χ4v) is 9.82. The van der Waals surface area contributed by atoms with Crippen molar-refractivity contribution in [3.8, 4) is 0 Å². The Hall–Kier alpha value is -5.91. The van der Waals surface area contributed by atoms with Gasteiger partial charge < -0.3 is 42.6 Å². The fourth-order valence-electron chi connectivity index (χ4n) is 9.82. The van der Waals surface area contributed by atoms with Gasteiger partial charge in [-0.2, -0.15) is 0 Å². The summed E-state index contributed by atoms with van der Waals surface area (Å²) in [5.41, 5.74) is -6.37. The van der Waals surface area contributed by atoms with Gasteiger partial charge in [-0.3, -0.25) is 33.8 Å². The first kappa shape index (κ1) is 44.6. The zero-order valence-corrected chi connectivity index (χ0v) is 35.2. The molecule has 1 aromatic carbocycles. The van der Waals surface area contributed by atoms with Gasteiger partial charge in [0.05, 0.1) is 28.7 Å². The molecule has 2 aliphatic carbocycles. The molecular formula is C43H49NO17. The molecule has 328 valence electrons. The highest BCUT2D eigenvalue weighted by atomic mass is 16.7. The Bertz CT molecular complexity index is 2110. The van der Waals surface area contributed by atoms with Crippen molar-refractivity contribution in [3.63, 3.8) is 0 Å². The van der Waals surface area contributed by atoms with Gasteiger partial charge in [0.1, 0.15) is 48.1 Å². The van der Waals surface area contributed by atoms with Gasteiger partial charge in [-0.1, -0.05) is 39.0 Å². The Balaban J connectivity index is 1.77. The number of fused-ring (bicyclic) bond motifs is 5. The van der Waals surface area contributed by atoms with Crippen LogP contribution in [0.5, 0.6) is 0 Å². The molecule has 2 saturated carbocycles. The predicted octanol–water partition coefficient (Wildman–Crippen LogP) is 3.21. The van der Waals surface area contributed by atoms with Crippen molar-refractivity contribution in [1.29, 1.82) is 0 Å². The molecule has 2 aliphatic heterocycles. The van der Waals surface area contributed by atoms with Gasteiger partial charge in [-0.05, 0) is 31.2 Å². The number of nitrogens with zero attached hydrogens (tertiary/aromatic N) is 1. The van der Waals surface area contributed by atoms with Crippen molar-refractivity contribution in [1.82, 2.24) is 4.98 Å². The summed E-state index contributed by atoms with van der Waals surface area (Å²) in [6, 6.07) is 10.6. The maximum Gasteiger partial charge on any atom is 0.340 e. The third-order valence-electron chi connectivity index (χ3n) is 12.3. The normalized spacial score (nSPS) is 35.2. The summed E-state index contributed by atoms with van der Waals surface area (Å²) in [5, 5.41) is 0. The maximum atomic E-state index is 14.5. The highest BCUT2D eigenvalue weighted by Crippen LogP contribution is 2.69. The molecule has 0 amide bonds. The highest BCUT2D eigenvalue weighted by molar-refractivity contribution is 5.91. The number of carbonyl (C=O) groups excluding carboxylic acids is 8. The van der Waals surface area contributed by atoms with E-state index in [-0.39, 0.29) is 16.8 Å². The van der Waals surface area contributed by atoms with Crippen molar-refractivity contribution in [2.75, 3.05) is 13.2 Å². The summed E-state index contributed by atoms with van der Waals surface area (Å²) < 4.78 is 56.2. The first-order valence-electron chi connectivity index (χ1n) is 19.8. The molecule has 2 aromatic rings. The molecule has 1 spiro atoms. The van der Waals surface area contributed by atoms with E-state index >= 15 is 0 Å². The lowest BCUT2D eigenvalue weighted by molar-refractivity contribution is -0.348. The van der Waals surface area contributed by atoms with Gasteiger partial charge in [0.2, 0.25) is 0 Å². The van der Waals surface area contributed by atoms with Crippen LogP contribution in [0.25, 0.3) is 0 Å². The molecule has 13 atom stereocenters. The van der Waals surface area contributed by atoms with Gasteiger partial charge in [0, 0.05) is 52.7 Å². The zero-order chi connectivity index (χ0) is 44.8. The highest BCUT2D eigenvalue weighted by Gasteiger charge is 2.88. The number of benzene rings is 1. The van der Waals surface area contributed by atoms with Crippen LogP contribution in [-0.4, -0.2) is 114 Å². The van der Waals surface area contributed by atoms with E-state index in [9.17, 15) is 38.4 Å². The second-order valence-corrected chi connectivity index (χ2v) is 16.2. The lowest BCUT2D eigenvalue weighted by atomic mass is 9.46. The molecule has 18 heteroatoms. The molecule has 18 nitrogen and oxygen atoms in total. The first-order chi connectivity index (χ1) is 28.7. The van der Waals surface area contributed by atoms with E-state index in [0.29, 0.717) is 0 Å². The van der Waals surface area contributed by atoms with Crippen LogP contribution in [0.3, 0.4) is 0 Å². The predicted molar refractivity (Wildman–Crippen MR) is 204 cm³/mol. The molecule has 61 heavy (non-hydrogen) atoms. The summed E-state index contributed by atoms with van der Waals surface area (Å²) in [5.74, 6) is -12.0. The minimum absolute atomic E-state index is 0.00347. The van der Waals surface area contributed by atoms with Gasteiger partial charge in [0.25, 0.3) is 0 Å². The van der Waals surface area contributed by atoms with Gasteiger partial charge in [-0.25, -0.2) is 9.59 Å². The number of cyclic esters (lactones) is 1. The van der Waals surface area contributed by atoms with Crippen LogP contribution in [0, 0.1) is 23.2 Å². The Morgan fingerprint density at radius 3 is 1.92 bits per heavy atom. The lowest BCUT2D eigenvalue weighted by Gasteiger charge is -2.65. The number of ether oxygens (including phenoxy) is 9. The molecule has 6 rings (SSSR count). The number of pyridine rings is 1. The number of aromatic nitrogens is 1. The van der Waals surface area contributed by atoms with E-state index in [0.717, 1.165) is 34.6 Å². The fraction of sp³-hybridized carbons (Fsp3) is 0.558. The van der Waals surface area contributed by atoms with Crippen LogP contribution < -0.4 is 0 Å². The molecule has 1 saturated heterocycles. The lowest BCUT2D eigenvalue weighted by Crippen LogP contribution is -2.84. The summed E-state index contributed by atoms with van der Waals surface area (Å²) in [4.78, 5) is 114. The average Bonchev–Trinajstić information content (AvgIpc) is 3.41. The third kappa shape index (κ3) is 7.70. The Kier molecular flexibility index (Phi) is 12.3. The molecule has 1 aromatic heterocycles. The first-order valence-corrected chi connectivity index (χ1v) is 19.8. The Morgan fingerprint density at radius 1 is 0.721 bits per heavy atom. The van der Waals surface area contributed by atoms with E-state index in [2.05, 4.69) is 4.98 Å². The van der Waals surface area contributed by atoms with Crippen molar-refractivity contribution >= 4 is 47.8 Å². The van der Waals surface area contributed by atoms with Crippen LogP contribution in [0.4, 0.5) is 0 Å².